The molecule has 136 valence electrons. The van der Waals surface area contributed by atoms with Crippen molar-refractivity contribution in [3.05, 3.63) is 71.9 Å². The first kappa shape index (κ1) is 17.1. The fourth-order valence-corrected chi connectivity index (χ4v) is 3.13. The number of nitrogens with zero attached hydrogens (tertiary/aromatic N) is 3. The molecule has 0 radical (unpaired) electrons. The number of pyridine rings is 2. The summed E-state index contributed by atoms with van der Waals surface area (Å²) in [6.45, 7) is 1.43. The maximum absolute atomic E-state index is 13.6. The van der Waals surface area contributed by atoms with Crippen LogP contribution in [0.15, 0.2) is 55.0 Å². The van der Waals surface area contributed by atoms with Crippen molar-refractivity contribution in [3.8, 4) is 0 Å². The van der Waals surface area contributed by atoms with Crippen LogP contribution in [-0.2, 0) is 0 Å². The lowest BCUT2D eigenvalue weighted by Gasteiger charge is -2.39. The maximum atomic E-state index is 13.6. The lowest BCUT2D eigenvalue weighted by atomic mass is 9.98. The van der Waals surface area contributed by atoms with Gasteiger partial charge in [-0.3, -0.25) is 19.6 Å². The first-order valence-corrected chi connectivity index (χ1v) is 8.63. The molecule has 3 heterocycles. The van der Waals surface area contributed by atoms with Crippen LogP contribution in [0.4, 0.5) is 4.39 Å². The highest BCUT2D eigenvalue weighted by Gasteiger charge is 2.32. The molecule has 1 aliphatic rings. The van der Waals surface area contributed by atoms with E-state index in [9.17, 15) is 14.0 Å². The second-order valence-corrected chi connectivity index (χ2v) is 6.55. The van der Waals surface area contributed by atoms with E-state index in [-0.39, 0.29) is 23.3 Å². The highest BCUT2D eigenvalue weighted by molar-refractivity contribution is 5.98. The van der Waals surface area contributed by atoms with Crippen molar-refractivity contribution in [2.24, 2.45) is 5.92 Å². The normalized spacial score (nSPS) is 14.0. The summed E-state index contributed by atoms with van der Waals surface area (Å²) >= 11 is 0. The Bertz CT molecular complexity index is 1020. The Kier molecular flexibility index (Phi) is 4.50. The van der Waals surface area contributed by atoms with Crippen LogP contribution in [0, 0.1) is 11.7 Å². The third-order valence-corrected chi connectivity index (χ3v) is 4.67. The third-order valence-electron chi connectivity index (χ3n) is 4.67. The van der Waals surface area contributed by atoms with Crippen LogP contribution in [0.5, 0.6) is 0 Å². The van der Waals surface area contributed by atoms with Crippen molar-refractivity contribution >= 4 is 22.7 Å². The summed E-state index contributed by atoms with van der Waals surface area (Å²) in [4.78, 5) is 34.0. The Morgan fingerprint density at radius 2 is 2.04 bits per heavy atom. The number of carbonyl (C=O) groups is 2. The van der Waals surface area contributed by atoms with Crippen LogP contribution in [-0.4, -0.2) is 46.3 Å². The summed E-state index contributed by atoms with van der Waals surface area (Å²) < 4.78 is 13.6. The molecule has 1 saturated heterocycles. The number of benzene rings is 1. The van der Waals surface area contributed by atoms with E-state index in [1.54, 1.807) is 23.2 Å². The molecule has 2 amide bonds. The molecule has 3 aromatic rings. The lowest BCUT2D eigenvalue weighted by Crippen LogP contribution is -2.53. The summed E-state index contributed by atoms with van der Waals surface area (Å²) in [6.07, 6.45) is 4.12. The number of carbonyl (C=O) groups excluding carboxylic acids is 2. The van der Waals surface area contributed by atoms with E-state index in [1.165, 1.54) is 12.3 Å². The van der Waals surface area contributed by atoms with Gasteiger partial charge in [0.15, 0.2) is 5.82 Å². The summed E-state index contributed by atoms with van der Waals surface area (Å²) in [5.74, 6) is -0.990. The van der Waals surface area contributed by atoms with Gasteiger partial charge >= 0.3 is 0 Å². The Morgan fingerprint density at radius 3 is 2.85 bits per heavy atom. The molecule has 4 rings (SSSR count). The van der Waals surface area contributed by atoms with E-state index < -0.39 is 5.82 Å². The summed E-state index contributed by atoms with van der Waals surface area (Å²) in [7, 11) is 0. The number of aromatic nitrogens is 2. The quantitative estimate of drug-likeness (QED) is 0.771. The van der Waals surface area contributed by atoms with E-state index in [2.05, 4.69) is 15.3 Å². The van der Waals surface area contributed by atoms with Gasteiger partial charge < -0.3 is 10.2 Å². The highest BCUT2D eigenvalue weighted by atomic mass is 19.1. The van der Waals surface area contributed by atoms with Gasteiger partial charge in [0.1, 0.15) is 0 Å². The first-order valence-electron chi connectivity index (χ1n) is 8.63. The van der Waals surface area contributed by atoms with Crippen LogP contribution in [0.25, 0.3) is 10.9 Å². The number of nitrogens with one attached hydrogen (secondary N) is 1. The van der Waals surface area contributed by atoms with Crippen LogP contribution in [0.1, 0.15) is 20.7 Å². The standard InChI is InChI=1S/C20H17FN4O2/c21-17-10-22-7-5-16(17)20(27)25-11-13(12-25)9-24-19(26)15-4-3-14-2-1-6-23-18(14)8-15/h1-8,10,13H,9,11-12H2,(H,24,26). The Labute approximate surface area is 155 Å². The van der Waals surface area contributed by atoms with Gasteiger partial charge in [0.25, 0.3) is 11.8 Å². The van der Waals surface area contributed by atoms with Crippen molar-refractivity contribution < 1.29 is 14.0 Å². The van der Waals surface area contributed by atoms with Crippen molar-refractivity contribution in [1.29, 1.82) is 0 Å². The number of halogens is 1. The van der Waals surface area contributed by atoms with Crippen molar-refractivity contribution in [3.63, 3.8) is 0 Å². The molecule has 0 bridgehead atoms. The highest BCUT2D eigenvalue weighted by Crippen LogP contribution is 2.19. The van der Waals surface area contributed by atoms with E-state index in [0.717, 1.165) is 17.1 Å². The maximum Gasteiger partial charge on any atom is 0.256 e. The number of amides is 2. The fraction of sp³-hybridized carbons (Fsp3) is 0.200. The van der Waals surface area contributed by atoms with Gasteiger partial charge in [-0.1, -0.05) is 12.1 Å². The zero-order valence-corrected chi connectivity index (χ0v) is 14.4. The number of likely N-dealkylation sites (tertiary alicyclic amines) is 1. The van der Waals surface area contributed by atoms with Gasteiger partial charge in [0.05, 0.1) is 17.3 Å². The Morgan fingerprint density at radius 1 is 1.19 bits per heavy atom. The molecule has 27 heavy (non-hydrogen) atoms. The second-order valence-electron chi connectivity index (χ2n) is 6.55. The Hall–Kier alpha value is -3.35. The monoisotopic (exact) mass is 364 g/mol. The van der Waals surface area contributed by atoms with Gasteiger partial charge in [-0.15, -0.1) is 0 Å². The topological polar surface area (TPSA) is 75.2 Å². The van der Waals surface area contributed by atoms with Crippen molar-refractivity contribution in [2.75, 3.05) is 19.6 Å². The second kappa shape index (κ2) is 7.11. The largest absolute Gasteiger partial charge is 0.352 e. The SMILES string of the molecule is O=C(NCC1CN(C(=O)c2ccncc2F)C1)c1ccc2cccnc2c1. The molecule has 2 aromatic heterocycles. The predicted molar refractivity (Wildman–Crippen MR) is 97.7 cm³/mol. The Balaban J connectivity index is 1.30. The van der Waals surface area contributed by atoms with E-state index in [0.29, 0.717) is 25.2 Å². The number of fused-ring (bicyclic) bond motifs is 1. The molecule has 6 nitrogen and oxygen atoms in total. The molecule has 0 aliphatic carbocycles. The van der Waals surface area contributed by atoms with Gasteiger partial charge in [0, 0.05) is 48.9 Å². The number of hydrogen-bond acceptors (Lipinski definition) is 4. The van der Waals surface area contributed by atoms with E-state index in [4.69, 9.17) is 0 Å². The molecule has 1 aliphatic heterocycles. The van der Waals surface area contributed by atoms with Crippen molar-refractivity contribution in [2.45, 2.75) is 0 Å². The molecule has 1 aromatic carbocycles. The van der Waals surface area contributed by atoms with Gasteiger partial charge in [-0.2, -0.15) is 0 Å². The average Bonchev–Trinajstić information content (AvgIpc) is 2.66. The predicted octanol–water partition coefficient (Wildman–Crippen LogP) is 2.27. The minimum Gasteiger partial charge on any atom is -0.352 e. The molecular formula is C20H17FN4O2. The first-order chi connectivity index (χ1) is 13.1. The molecule has 0 saturated carbocycles. The fourth-order valence-electron chi connectivity index (χ4n) is 3.13. The van der Waals surface area contributed by atoms with Gasteiger partial charge in [0.2, 0.25) is 0 Å². The summed E-state index contributed by atoms with van der Waals surface area (Å²) in [6, 6.07) is 10.6. The molecule has 0 unspecified atom stereocenters. The molecule has 1 fully saturated rings. The number of hydrogen-bond donors (Lipinski definition) is 1. The van der Waals surface area contributed by atoms with Crippen LogP contribution in [0.3, 0.4) is 0 Å². The minimum atomic E-state index is -0.621. The molecule has 0 atom stereocenters. The van der Waals surface area contributed by atoms with Crippen LogP contribution >= 0.6 is 0 Å². The zero-order chi connectivity index (χ0) is 18.8. The minimum absolute atomic E-state index is 0.0242. The summed E-state index contributed by atoms with van der Waals surface area (Å²) in [5, 5.41) is 3.86. The van der Waals surface area contributed by atoms with Gasteiger partial charge in [-0.05, 0) is 24.3 Å². The van der Waals surface area contributed by atoms with Gasteiger partial charge in [-0.25, -0.2) is 4.39 Å². The molecular weight excluding hydrogens is 347 g/mol. The zero-order valence-electron chi connectivity index (χ0n) is 14.4. The van der Waals surface area contributed by atoms with Crippen LogP contribution in [0.2, 0.25) is 0 Å². The molecule has 1 N–H and O–H groups in total. The lowest BCUT2D eigenvalue weighted by molar-refractivity contribution is 0.0493. The third kappa shape index (κ3) is 3.48. The van der Waals surface area contributed by atoms with Crippen molar-refractivity contribution in [1.82, 2.24) is 20.2 Å². The molecule has 7 heteroatoms. The smallest absolute Gasteiger partial charge is 0.256 e. The summed E-state index contributed by atoms with van der Waals surface area (Å²) in [5.41, 5.74) is 1.34. The van der Waals surface area contributed by atoms with E-state index >= 15 is 0 Å². The number of rotatable bonds is 4. The molecule has 0 spiro atoms. The van der Waals surface area contributed by atoms with Crippen LogP contribution < -0.4 is 5.32 Å². The van der Waals surface area contributed by atoms with E-state index in [1.807, 2.05) is 18.2 Å². The average molecular weight is 364 g/mol.